The summed E-state index contributed by atoms with van der Waals surface area (Å²) in [6.45, 7) is 5.15. The molecular formula is C17H29N3O2. The van der Waals surface area contributed by atoms with Crippen LogP contribution in [0.1, 0.15) is 22.3 Å². The summed E-state index contributed by atoms with van der Waals surface area (Å²) in [5.41, 5.74) is 1.49. The maximum atomic E-state index is 10.8. The van der Waals surface area contributed by atoms with Crippen molar-refractivity contribution in [3.63, 3.8) is 0 Å². The summed E-state index contributed by atoms with van der Waals surface area (Å²) in [6.07, 6.45) is 1.13. The fourth-order valence-electron chi connectivity index (χ4n) is 2.24. The average Bonchev–Trinajstić information content (AvgIpc) is 2.45. The predicted octanol–water partition coefficient (Wildman–Crippen LogP) is 1.70. The number of carboxylic acids is 1. The summed E-state index contributed by atoms with van der Waals surface area (Å²) in [7, 11) is 8.45. The zero-order chi connectivity index (χ0) is 16.5. The van der Waals surface area contributed by atoms with Crippen LogP contribution in [0.15, 0.2) is 24.3 Å². The van der Waals surface area contributed by atoms with Crippen LogP contribution in [0.25, 0.3) is 0 Å². The van der Waals surface area contributed by atoms with Crippen LogP contribution in [0.4, 0.5) is 0 Å². The zero-order valence-electron chi connectivity index (χ0n) is 14.2. The third-order valence-corrected chi connectivity index (χ3v) is 3.66. The molecule has 1 N–H and O–H groups in total. The molecule has 0 aromatic heterocycles. The van der Waals surface area contributed by atoms with Crippen molar-refractivity contribution in [3.8, 4) is 0 Å². The molecule has 1 rings (SSSR count). The highest BCUT2D eigenvalue weighted by Crippen LogP contribution is 2.07. The first-order valence-corrected chi connectivity index (χ1v) is 7.72. The van der Waals surface area contributed by atoms with Gasteiger partial charge in [-0.05, 0) is 65.4 Å². The normalized spacial score (nSPS) is 11.6. The smallest absolute Gasteiger partial charge is 0.335 e. The lowest BCUT2D eigenvalue weighted by Crippen LogP contribution is -2.31. The van der Waals surface area contributed by atoms with Gasteiger partial charge in [0.05, 0.1) is 5.56 Å². The SMILES string of the molecule is CN(C)CCN(C)CCCN(C)Cc1ccc(C(=O)O)cc1. The lowest BCUT2D eigenvalue weighted by atomic mass is 10.1. The van der Waals surface area contributed by atoms with Gasteiger partial charge in [0.25, 0.3) is 0 Å². The molecule has 5 nitrogen and oxygen atoms in total. The molecule has 0 amide bonds. The number of likely N-dealkylation sites (N-methyl/N-ethyl adjacent to an activating group) is 2. The molecule has 0 aliphatic heterocycles. The van der Waals surface area contributed by atoms with Gasteiger partial charge >= 0.3 is 5.97 Å². The highest BCUT2D eigenvalue weighted by atomic mass is 16.4. The maximum absolute atomic E-state index is 10.8. The first-order valence-electron chi connectivity index (χ1n) is 7.72. The van der Waals surface area contributed by atoms with E-state index in [9.17, 15) is 4.79 Å². The molecule has 0 radical (unpaired) electrons. The van der Waals surface area contributed by atoms with Crippen molar-refractivity contribution in [1.29, 1.82) is 0 Å². The molecule has 1 aromatic rings. The standard InChI is InChI=1S/C17H29N3O2/c1-18(2)12-13-19(3)10-5-11-20(4)14-15-6-8-16(9-7-15)17(21)22/h6-9H,5,10-14H2,1-4H3,(H,21,22). The first kappa shape index (κ1) is 18.6. The van der Waals surface area contributed by atoms with Gasteiger partial charge in [-0.15, -0.1) is 0 Å². The monoisotopic (exact) mass is 307 g/mol. The highest BCUT2D eigenvalue weighted by Gasteiger charge is 2.05. The topological polar surface area (TPSA) is 47.0 Å². The van der Waals surface area contributed by atoms with Crippen LogP contribution in [0.5, 0.6) is 0 Å². The first-order chi connectivity index (χ1) is 10.4. The fraction of sp³-hybridized carbons (Fsp3) is 0.588. The van der Waals surface area contributed by atoms with E-state index in [1.165, 1.54) is 0 Å². The van der Waals surface area contributed by atoms with E-state index in [1.807, 2.05) is 12.1 Å². The van der Waals surface area contributed by atoms with E-state index in [-0.39, 0.29) is 0 Å². The minimum Gasteiger partial charge on any atom is -0.478 e. The van der Waals surface area contributed by atoms with E-state index in [2.05, 4.69) is 42.9 Å². The Morgan fingerprint density at radius 2 is 1.50 bits per heavy atom. The maximum Gasteiger partial charge on any atom is 0.335 e. The number of rotatable bonds is 10. The predicted molar refractivity (Wildman–Crippen MR) is 90.4 cm³/mol. The number of nitrogens with zero attached hydrogens (tertiary/aromatic N) is 3. The molecule has 0 aliphatic carbocycles. The van der Waals surface area contributed by atoms with Crippen molar-refractivity contribution in [2.24, 2.45) is 0 Å². The summed E-state index contributed by atoms with van der Waals surface area (Å²) < 4.78 is 0. The highest BCUT2D eigenvalue weighted by molar-refractivity contribution is 5.87. The average molecular weight is 307 g/mol. The number of hydrogen-bond acceptors (Lipinski definition) is 4. The van der Waals surface area contributed by atoms with Crippen molar-refractivity contribution >= 4 is 5.97 Å². The molecule has 0 saturated heterocycles. The lowest BCUT2D eigenvalue weighted by Gasteiger charge is -2.21. The Kier molecular flexibility index (Phi) is 8.09. The summed E-state index contributed by atoms with van der Waals surface area (Å²) >= 11 is 0. The van der Waals surface area contributed by atoms with Gasteiger partial charge in [-0.2, -0.15) is 0 Å². The van der Waals surface area contributed by atoms with Crippen LogP contribution in [-0.4, -0.2) is 80.1 Å². The van der Waals surface area contributed by atoms with Crippen molar-refractivity contribution in [1.82, 2.24) is 14.7 Å². The van der Waals surface area contributed by atoms with Crippen molar-refractivity contribution in [2.75, 3.05) is 54.4 Å². The Hall–Kier alpha value is -1.43. The van der Waals surface area contributed by atoms with Crippen molar-refractivity contribution < 1.29 is 9.90 Å². The minimum absolute atomic E-state index is 0.342. The van der Waals surface area contributed by atoms with Gasteiger partial charge < -0.3 is 19.8 Å². The molecule has 0 heterocycles. The molecule has 0 aliphatic rings. The van der Waals surface area contributed by atoms with E-state index in [1.54, 1.807) is 12.1 Å². The van der Waals surface area contributed by atoms with Crippen LogP contribution >= 0.6 is 0 Å². The number of aromatic carboxylic acids is 1. The van der Waals surface area contributed by atoms with E-state index < -0.39 is 5.97 Å². The van der Waals surface area contributed by atoms with Gasteiger partial charge in [0.1, 0.15) is 0 Å². The number of benzene rings is 1. The second-order valence-corrected chi connectivity index (χ2v) is 6.20. The Morgan fingerprint density at radius 3 is 2.05 bits per heavy atom. The molecule has 5 heteroatoms. The van der Waals surface area contributed by atoms with E-state index in [0.717, 1.165) is 44.7 Å². The van der Waals surface area contributed by atoms with Crippen LogP contribution in [0.3, 0.4) is 0 Å². The Balaban J connectivity index is 2.25. The molecule has 0 spiro atoms. The fourth-order valence-corrected chi connectivity index (χ4v) is 2.24. The van der Waals surface area contributed by atoms with Gasteiger partial charge in [0.2, 0.25) is 0 Å². The van der Waals surface area contributed by atoms with Gasteiger partial charge in [-0.25, -0.2) is 4.79 Å². The molecule has 0 fully saturated rings. The van der Waals surface area contributed by atoms with Gasteiger partial charge in [-0.1, -0.05) is 12.1 Å². The molecule has 0 saturated carbocycles. The molecular weight excluding hydrogens is 278 g/mol. The molecule has 1 aromatic carbocycles. The third kappa shape index (κ3) is 7.54. The number of hydrogen-bond donors (Lipinski definition) is 1. The Labute approximate surface area is 134 Å². The second-order valence-electron chi connectivity index (χ2n) is 6.20. The van der Waals surface area contributed by atoms with Crippen LogP contribution < -0.4 is 0 Å². The zero-order valence-corrected chi connectivity index (χ0v) is 14.2. The largest absolute Gasteiger partial charge is 0.478 e. The van der Waals surface area contributed by atoms with Crippen LogP contribution in [0.2, 0.25) is 0 Å². The van der Waals surface area contributed by atoms with Crippen molar-refractivity contribution in [2.45, 2.75) is 13.0 Å². The van der Waals surface area contributed by atoms with Crippen LogP contribution in [-0.2, 0) is 6.54 Å². The molecule has 22 heavy (non-hydrogen) atoms. The Bertz CT molecular complexity index is 446. The third-order valence-electron chi connectivity index (χ3n) is 3.66. The van der Waals surface area contributed by atoms with Gasteiger partial charge in [0, 0.05) is 19.6 Å². The number of carbonyl (C=O) groups is 1. The summed E-state index contributed by atoms with van der Waals surface area (Å²) in [6, 6.07) is 7.12. The molecule has 0 unspecified atom stereocenters. The van der Waals surface area contributed by atoms with E-state index >= 15 is 0 Å². The van der Waals surface area contributed by atoms with E-state index in [4.69, 9.17) is 5.11 Å². The van der Waals surface area contributed by atoms with Gasteiger partial charge in [0.15, 0.2) is 0 Å². The minimum atomic E-state index is -0.874. The number of carboxylic acid groups (broad SMARTS) is 1. The molecule has 124 valence electrons. The second kappa shape index (κ2) is 9.56. The molecule has 0 atom stereocenters. The summed E-state index contributed by atoms with van der Waals surface area (Å²) in [4.78, 5) is 17.6. The molecule has 0 bridgehead atoms. The van der Waals surface area contributed by atoms with Gasteiger partial charge in [-0.3, -0.25) is 0 Å². The summed E-state index contributed by atoms with van der Waals surface area (Å²) in [5, 5.41) is 8.89. The summed E-state index contributed by atoms with van der Waals surface area (Å²) in [5.74, 6) is -0.874. The lowest BCUT2D eigenvalue weighted by molar-refractivity contribution is 0.0697. The van der Waals surface area contributed by atoms with E-state index in [0.29, 0.717) is 5.56 Å². The van der Waals surface area contributed by atoms with Crippen molar-refractivity contribution in [3.05, 3.63) is 35.4 Å². The quantitative estimate of drug-likeness (QED) is 0.713. The Morgan fingerprint density at radius 1 is 0.909 bits per heavy atom. The van der Waals surface area contributed by atoms with Crippen LogP contribution in [0, 0.1) is 0 Å².